The van der Waals surface area contributed by atoms with Gasteiger partial charge in [0.1, 0.15) is 0 Å². The summed E-state index contributed by atoms with van der Waals surface area (Å²) >= 11 is 0. The summed E-state index contributed by atoms with van der Waals surface area (Å²) < 4.78 is 0. The van der Waals surface area contributed by atoms with Gasteiger partial charge in [-0.3, -0.25) is 9.63 Å². The second-order valence-corrected chi connectivity index (χ2v) is 3.48. The van der Waals surface area contributed by atoms with Gasteiger partial charge in [0, 0.05) is 6.42 Å². The summed E-state index contributed by atoms with van der Waals surface area (Å²) in [6.45, 7) is -0.514. The smallest absolute Gasteiger partial charge is 0.332 e. The molecule has 0 aromatic heterocycles. The predicted molar refractivity (Wildman–Crippen MR) is 55.8 cm³/mol. The molecule has 0 saturated carbocycles. The number of anilines is 1. The molecule has 0 radical (unpaired) electrons. The molecule has 84 valence electrons. The van der Waals surface area contributed by atoms with Gasteiger partial charge in [0.25, 0.3) is 5.91 Å². The molecule has 1 N–H and O–H groups in total. The number of rotatable bonds is 3. The van der Waals surface area contributed by atoms with Crippen LogP contribution < -0.4 is 5.06 Å². The van der Waals surface area contributed by atoms with E-state index in [1.807, 2.05) is 12.1 Å². The van der Waals surface area contributed by atoms with E-state index in [0.717, 1.165) is 10.6 Å². The molecular formula is C11H11NO4. The van der Waals surface area contributed by atoms with Crippen molar-refractivity contribution in [1.82, 2.24) is 0 Å². The predicted octanol–water partition coefficient (Wildman–Crippen LogP) is 0.982. The Kier molecular flexibility index (Phi) is 2.87. The summed E-state index contributed by atoms with van der Waals surface area (Å²) in [6.07, 6.45) is 1.01. The fraction of sp³-hybridized carbons (Fsp3) is 0.273. The minimum atomic E-state index is -1.10. The number of nitrogens with zero attached hydrogens (tertiary/aromatic N) is 1. The van der Waals surface area contributed by atoms with E-state index in [2.05, 4.69) is 0 Å². The van der Waals surface area contributed by atoms with Gasteiger partial charge in [-0.25, -0.2) is 4.79 Å². The molecule has 1 amide bonds. The Hall–Kier alpha value is -1.88. The van der Waals surface area contributed by atoms with E-state index in [0.29, 0.717) is 18.5 Å². The Morgan fingerprint density at radius 2 is 2.12 bits per heavy atom. The SMILES string of the molecule is O=C(O)CON1C(=O)CCc2ccccc21. The number of carboxylic acid groups (broad SMARTS) is 1. The highest BCUT2D eigenvalue weighted by Crippen LogP contribution is 2.27. The molecule has 1 heterocycles. The fourth-order valence-corrected chi connectivity index (χ4v) is 1.66. The van der Waals surface area contributed by atoms with Crippen molar-refractivity contribution in [3.63, 3.8) is 0 Å². The van der Waals surface area contributed by atoms with Crippen LogP contribution in [-0.4, -0.2) is 23.6 Å². The van der Waals surface area contributed by atoms with E-state index >= 15 is 0 Å². The molecule has 5 heteroatoms. The maximum absolute atomic E-state index is 11.6. The number of para-hydroxylation sites is 1. The van der Waals surface area contributed by atoms with Gasteiger partial charge in [0.2, 0.25) is 0 Å². The number of amides is 1. The molecule has 0 unspecified atom stereocenters. The van der Waals surface area contributed by atoms with Crippen molar-refractivity contribution >= 4 is 17.6 Å². The van der Waals surface area contributed by atoms with Gasteiger partial charge in [0.15, 0.2) is 6.61 Å². The molecule has 0 fully saturated rings. The van der Waals surface area contributed by atoms with E-state index in [1.165, 1.54) is 0 Å². The summed E-state index contributed by atoms with van der Waals surface area (Å²) in [5, 5.41) is 9.59. The average Bonchev–Trinajstić information content (AvgIpc) is 2.27. The first-order valence-electron chi connectivity index (χ1n) is 4.94. The average molecular weight is 221 g/mol. The number of carbonyl (C=O) groups excluding carboxylic acids is 1. The van der Waals surface area contributed by atoms with Crippen molar-refractivity contribution < 1.29 is 19.5 Å². The zero-order chi connectivity index (χ0) is 11.5. The summed E-state index contributed by atoms with van der Waals surface area (Å²) in [6, 6.07) is 7.31. The van der Waals surface area contributed by atoms with Gasteiger partial charge in [-0.15, -0.1) is 0 Å². The van der Waals surface area contributed by atoms with Crippen LogP contribution in [0.25, 0.3) is 0 Å². The largest absolute Gasteiger partial charge is 0.479 e. The van der Waals surface area contributed by atoms with Crippen molar-refractivity contribution in [3.05, 3.63) is 29.8 Å². The highest BCUT2D eigenvalue weighted by molar-refractivity contribution is 5.94. The Bertz CT molecular complexity index is 430. The molecule has 0 spiro atoms. The van der Waals surface area contributed by atoms with Crippen LogP contribution in [-0.2, 0) is 20.8 Å². The first-order chi connectivity index (χ1) is 7.68. The number of benzene rings is 1. The lowest BCUT2D eigenvalue weighted by molar-refractivity contribution is -0.144. The molecular weight excluding hydrogens is 210 g/mol. The quantitative estimate of drug-likeness (QED) is 0.826. The highest BCUT2D eigenvalue weighted by atomic mass is 16.7. The van der Waals surface area contributed by atoms with Crippen LogP contribution in [0.4, 0.5) is 5.69 Å². The maximum atomic E-state index is 11.6. The van der Waals surface area contributed by atoms with Crippen LogP contribution in [0, 0.1) is 0 Å². The molecule has 1 aliphatic heterocycles. The topological polar surface area (TPSA) is 66.8 Å². The van der Waals surface area contributed by atoms with Gasteiger partial charge >= 0.3 is 5.97 Å². The Morgan fingerprint density at radius 1 is 1.38 bits per heavy atom. The maximum Gasteiger partial charge on any atom is 0.332 e. The van der Waals surface area contributed by atoms with Gasteiger partial charge in [-0.2, -0.15) is 5.06 Å². The third kappa shape index (κ3) is 2.04. The lowest BCUT2D eigenvalue weighted by Gasteiger charge is -2.27. The number of carbonyl (C=O) groups is 2. The zero-order valence-electron chi connectivity index (χ0n) is 8.55. The van der Waals surface area contributed by atoms with Crippen molar-refractivity contribution in [3.8, 4) is 0 Å². The minimum absolute atomic E-state index is 0.208. The van der Waals surface area contributed by atoms with Crippen molar-refractivity contribution in [2.24, 2.45) is 0 Å². The number of hydrogen-bond acceptors (Lipinski definition) is 3. The summed E-state index contributed by atoms with van der Waals surface area (Å²) in [5.41, 5.74) is 1.63. The fourth-order valence-electron chi connectivity index (χ4n) is 1.66. The number of aryl methyl sites for hydroxylation is 1. The summed E-state index contributed by atoms with van der Waals surface area (Å²) in [4.78, 5) is 26.9. The molecule has 0 aliphatic carbocycles. The molecule has 5 nitrogen and oxygen atoms in total. The van der Waals surface area contributed by atoms with Crippen LogP contribution in [0.3, 0.4) is 0 Å². The normalized spacial score (nSPS) is 14.8. The molecule has 0 bridgehead atoms. The summed E-state index contributed by atoms with van der Waals surface area (Å²) in [7, 11) is 0. The number of fused-ring (bicyclic) bond motifs is 1. The third-order valence-electron chi connectivity index (χ3n) is 2.36. The van der Waals surface area contributed by atoms with Gasteiger partial charge in [-0.05, 0) is 18.1 Å². The van der Waals surface area contributed by atoms with Crippen molar-refractivity contribution in [2.45, 2.75) is 12.8 Å². The monoisotopic (exact) mass is 221 g/mol. The Balaban J connectivity index is 2.23. The first kappa shape index (κ1) is 10.6. The van der Waals surface area contributed by atoms with Crippen LogP contribution in [0.5, 0.6) is 0 Å². The second-order valence-electron chi connectivity index (χ2n) is 3.48. The van der Waals surface area contributed by atoms with E-state index in [4.69, 9.17) is 9.94 Å². The standard InChI is InChI=1S/C11H11NO4/c13-10-6-5-8-3-1-2-4-9(8)12(10)16-7-11(14)15/h1-4H,5-7H2,(H,14,15). The lowest BCUT2D eigenvalue weighted by Crippen LogP contribution is -2.36. The van der Waals surface area contributed by atoms with E-state index in [9.17, 15) is 9.59 Å². The van der Waals surface area contributed by atoms with Gasteiger partial charge in [0.05, 0.1) is 5.69 Å². The van der Waals surface area contributed by atoms with Gasteiger partial charge in [-0.1, -0.05) is 18.2 Å². The van der Waals surface area contributed by atoms with Crippen LogP contribution in [0.2, 0.25) is 0 Å². The minimum Gasteiger partial charge on any atom is -0.479 e. The van der Waals surface area contributed by atoms with Crippen LogP contribution >= 0.6 is 0 Å². The third-order valence-corrected chi connectivity index (χ3v) is 2.36. The number of hydroxylamine groups is 1. The van der Waals surface area contributed by atoms with Crippen molar-refractivity contribution in [1.29, 1.82) is 0 Å². The molecule has 1 aromatic carbocycles. The van der Waals surface area contributed by atoms with E-state index in [-0.39, 0.29) is 5.91 Å². The molecule has 2 rings (SSSR count). The highest BCUT2D eigenvalue weighted by Gasteiger charge is 2.25. The second kappa shape index (κ2) is 4.32. The van der Waals surface area contributed by atoms with Crippen molar-refractivity contribution in [2.75, 3.05) is 11.7 Å². The molecule has 0 saturated heterocycles. The molecule has 16 heavy (non-hydrogen) atoms. The number of carboxylic acids is 1. The van der Waals surface area contributed by atoms with Gasteiger partial charge < -0.3 is 5.11 Å². The lowest BCUT2D eigenvalue weighted by atomic mass is 10.0. The molecule has 0 atom stereocenters. The molecule has 1 aliphatic rings. The number of aliphatic carboxylic acids is 1. The molecule has 1 aromatic rings. The van der Waals surface area contributed by atoms with E-state index in [1.54, 1.807) is 12.1 Å². The zero-order valence-corrected chi connectivity index (χ0v) is 8.55. The van der Waals surface area contributed by atoms with E-state index < -0.39 is 12.6 Å². The Morgan fingerprint density at radius 3 is 2.88 bits per heavy atom. The first-order valence-corrected chi connectivity index (χ1v) is 4.94. The number of hydrogen-bond donors (Lipinski definition) is 1. The van der Waals surface area contributed by atoms with Crippen LogP contribution in [0.1, 0.15) is 12.0 Å². The summed E-state index contributed by atoms with van der Waals surface area (Å²) in [5.74, 6) is -1.31. The Labute approximate surface area is 92.2 Å². The van der Waals surface area contributed by atoms with Crippen LogP contribution in [0.15, 0.2) is 24.3 Å².